The van der Waals surface area contributed by atoms with Crippen LogP contribution in [0.3, 0.4) is 0 Å². The van der Waals surface area contributed by atoms with Crippen LogP contribution in [0.1, 0.15) is 21.7 Å². The lowest BCUT2D eigenvalue weighted by atomic mass is 10.3. The van der Waals surface area contributed by atoms with E-state index in [1.54, 1.807) is 18.2 Å². The van der Waals surface area contributed by atoms with Crippen LogP contribution in [-0.4, -0.2) is 9.85 Å². The predicted molar refractivity (Wildman–Crippen MR) is 71.1 cm³/mol. The first-order valence-electron chi connectivity index (χ1n) is 4.29. The lowest BCUT2D eigenvalue weighted by Gasteiger charge is -1.85. The van der Waals surface area contributed by atoms with Gasteiger partial charge in [-0.15, -0.1) is 0 Å². The van der Waals surface area contributed by atoms with Gasteiger partial charge in [-0.1, -0.05) is 61.1 Å². The lowest BCUT2D eigenvalue weighted by molar-refractivity contribution is -0.384. The molecule has 0 N–H and O–H groups in total. The van der Waals surface area contributed by atoms with Crippen molar-refractivity contribution in [3.8, 4) is 0 Å². The van der Waals surface area contributed by atoms with Gasteiger partial charge in [-0.2, -0.15) is 0 Å². The van der Waals surface area contributed by atoms with Crippen molar-refractivity contribution in [2.24, 2.45) is 0 Å². The summed E-state index contributed by atoms with van der Waals surface area (Å²) < 4.78 is 0. The predicted octanol–water partition coefficient (Wildman–Crippen LogP) is 4.31. The van der Waals surface area contributed by atoms with Crippen LogP contribution < -0.4 is 0 Å². The number of para-hydroxylation sites is 1. The number of nitro benzene ring substituents is 1. The maximum atomic E-state index is 10.0. The summed E-state index contributed by atoms with van der Waals surface area (Å²) in [5, 5.41) is 10.0. The van der Waals surface area contributed by atoms with Gasteiger partial charge >= 0.3 is 0 Å². The molecular weight excluding hydrogens is 293 g/mol. The highest BCUT2D eigenvalue weighted by Gasteiger charge is 1.98. The number of non-ortho nitro benzene ring substituents is 1. The van der Waals surface area contributed by atoms with Gasteiger partial charge in [0.15, 0.2) is 0 Å². The number of benzene rings is 1. The Morgan fingerprint density at radius 1 is 1.29 bits per heavy atom. The average molecular weight is 311 g/mol. The molecule has 0 aromatic heterocycles. The van der Waals surface area contributed by atoms with Gasteiger partial charge in [0.1, 0.15) is 0 Å². The van der Waals surface area contributed by atoms with Gasteiger partial charge in [0.05, 0.1) is 4.92 Å². The Kier molecular flexibility index (Phi) is 13.9. The second-order valence-corrected chi connectivity index (χ2v) is 2.30. The van der Waals surface area contributed by atoms with Crippen LogP contribution in [0.5, 0.6) is 0 Å². The van der Waals surface area contributed by atoms with Gasteiger partial charge in [-0.05, 0) is 4.93 Å². The first-order valence-corrected chi connectivity index (χ1v) is 6.45. The molecule has 0 saturated carbocycles. The van der Waals surface area contributed by atoms with E-state index in [0.717, 1.165) is 0 Å². The molecule has 1 aromatic rings. The quantitative estimate of drug-likeness (QED) is 0.336. The molecule has 3 nitrogen and oxygen atoms in total. The van der Waals surface area contributed by atoms with E-state index in [-0.39, 0.29) is 7.11 Å². The zero-order valence-corrected chi connectivity index (χ0v) is 10.9. The Balaban J connectivity index is -0.000000209. The molecule has 1 aromatic carbocycles. The SMILES string of the molecule is CCC.CI.O=[N+]([O-])c1ccccc1.[HH]. The van der Waals surface area contributed by atoms with Crippen LogP contribution in [0.4, 0.5) is 5.69 Å². The second-order valence-electron chi connectivity index (χ2n) is 2.30. The molecule has 0 aliphatic carbocycles. The van der Waals surface area contributed by atoms with Crippen molar-refractivity contribution in [1.29, 1.82) is 0 Å². The minimum atomic E-state index is -0.417. The first kappa shape index (κ1) is 15.8. The van der Waals surface area contributed by atoms with E-state index in [1.807, 2.05) is 4.93 Å². The molecule has 4 heteroatoms. The Bertz CT molecular complexity index is 232. The summed E-state index contributed by atoms with van der Waals surface area (Å²) in [6.07, 6.45) is 1.25. The summed E-state index contributed by atoms with van der Waals surface area (Å²) >= 11 is 2.15. The van der Waals surface area contributed by atoms with Gasteiger partial charge < -0.3 is 0 Å². The Labute approximate surface area is 100 Å². The molecule has 0 aliphatic heterocycles. The number of nitrogens with zero attached hydrogens (tertiary/aromatic N) is 1. The number of hydrogen-bond acceptors (Lipinski definition) is 2. The maximum absolute atomic E-state index is 10.0. The van der Waals surface area contributed by atoms with Gasteiger partial charge in [-0.3, -0.25) is 10.1 Å². The van der Waals surface area contributed by atoms with Crippen LogP contribution in [0.25, 0.3) is 0 Å². The molecule has 0 heterocycles. The monoisotopic (exact) mass is 311 g/mol. The molecule has 0 unspecified atom stereocenters. The maximum Gasteiger partial charge on any atom is 0.269 e. The van der Waals surface area contributed by atoms with E-state index < -0.39 is 4.92 Å². The molecule has 0 fully saturated rings. The Morgan fingerprint density at radius 2 is 1.64 bits per heavy atom. The molecule has 0 amide bonds. The highest BCUT2D eigenvalue weighted by atomic mass is 127. The van der Waals surface area contributed by atoms with Crippen LogP contribution in [0.2, 0.25) is 0 Å². The fourth-order valence-electron chi connectivity index (χ4n) is 0.550. The van der Waals surface area contributed by atoms with Gasteiger partial charge in [0.25, 0.3) is 5.69 Å². The second kappa shape index (κ2) is 12.3. The number of nitro groups is 1. The van der Waals surface area contributed by atoms with Crippen molar-refractivity contribution >= 4 is 28.3 Å². The molecular formula is C10H18INO2. The molecule has 1 rings (SSSR count). The standard InChI is InChI=1S/C6H5NO2.C3H8.CH3I.H2/c8-7(9)6-4-2-1-3-5-6;1-3-2;1-2;/h1-5H;3H2,1-2H3;1H3;1H. The van der Waals surface area contributed by atoms with Crippen LogP contribution >= 0.6 is 22.6 Å². The van der Waals surface area contributed by atoms with Crippen molar-refractivity contribution in [3.63, 3.8) is 0 Å². The van der Waals surface area contributed by atoms with Crippen molar-refractivity contribution in [2.45, 2.75) is 20.3 Å². The van der Waals surface area contributed by atoms with Gasteiger partial charge in [0.2, 0.25) is 0 Å². The van der Waals surface area contributed by atoms with Gasteiger partial charge in [-0.25, -0.2) is 0 Å². The number of hydrogen-bond donors (Lipinski definition) is 0. The molecule has 0 spiro atoms. The Morgan fingerprint density at radius 3 is 1.86 bits per heavy atom. The average Bonchev–Trinajstić information content (AvgIpc) is 2.23. The number of halogens is 1. The van der Waals surface area contributed by atoms with E-state index in [4.69, 9.17) is 0 Å². The molecule has 0 radical (unpaired) electrons. The minimum absolute atomic E-state index is 0. The van der Waals surface area contributed by atoms with E-state index >= 15 is 0 Å². The van der Waals surface area contributed by atoms with Crippen molar-refractivity contribution in [1.82, 2.24) is 0 Å². The third kappa shape index (κ3) is 9.44. The summed E-state index contributed by atoms with van der Waals surface area (Å²) in [7, 11) is 0. The van der Waals surface area contributed by atoms with E-state index in [0.29, 0.717) is 0 Å². The summed E-state index contributed by atoms with van der Waals surface area (Å²) in [5.41, 5.74) is 0.137. The van der Waals surface area contributed by atoms with Gasteiger partial charge in [0, 0.05) is 13.6 Å². The fraction of sp³-hybridized carbons (Fsp3) is 0.400. The van der Waals surface area contributed by atoms with E-state index in [1.165, 1.54) is 18.6 Å². The molecule has 0 bridgehead atoms. The summed E-state index contributed by atoms with van der Waals surface area (Å²) in [5.74, 6) is 0. The molecule has 14 heavy (non-hydrogen) atoms. The number of alkyl halides is 1. The Hall–Kier alpha value is -0.650. The first-order chi connectivity index (χ1) is 6.72. The molecule has 0 aliphatic rings. The lowest BCUT2D eigenvalue weighted by Crippen LogP contribution is -1.84. The van der Waals surface area contributed by atoms with Crippen molar-refractivity contribution < 1.29 is 6.35 Å². The largest absolute Gasteiger partial charge is 0.269 e. The summed E-state index contributed by atoms with van der Waals surface area (Å²) in [4.78, 5) is 11.6. The third-order valence-corrected chi connectivity index (χ3v) is 0.967. The summed E-state index contributed by atoms with van der Waals surface area (Å²) in [6.45, 7) is 4.25. The van der Waals surface area contributed by atoms with Crippen molar-refractivity contribution in [3.05, 3.63) is 40.4 Å². The molecule has 82 valence electrons. The molecule has 0 atom stereocenters. The van der Waals surface area contributed by atoms with Crippen molar-refractivity contribution in [2.75, 3.05) is 4.93 Å². The zero-order valence-electron chi connectivity index (χ0n) is 8.74. The van der Waals surface area contributed by atoms with E-state index in [9.17, 15) is 10.1 Å². The highest BCUT2D eigenvalue weighted by molar-refractivity contribution is 14.1. The smallest absolute Gasteiger partial charge is 0.258 e. The van der Waals surface area contributed by atoms with Crippen LogP contribution in [0.15, 0.2) is 30.3 Å². The number of rotatable bonds is 1. The topological polar surface area (TPSA) is 43.1 Å². The highest BCUT2D eigenvalue weighted by Crippen LogP contribution is 2.06. The minimum Gasteiger partial charge on any atom is -0.258 e. The zero-order chi connectivity index (χ0) is 11.4. The van der Waals surface area contributed by atoms with E-state index in [2.05, 4.69) is 36.4 Å². The molecule has 0 saturated heterocycles. The third-order valence-electron chi connectivity index (χ3n) is 0.967. The van der Waals surface area contributed by atoms with Crippen LogP contribution in [0, 0.1) is 10.1 Å². The fourth-order valence-corrected chi connectivity index (χ4v) is 0.550. The normalized spacial score (nSPS) is 7.43. The summed E-state index contributed by atoms with van der Waals surface area (Å²) in [6, 6.07) is 7.93. The van der Waals surface area contributed by atoms with Crippen LogP contribution in [-0.2, 0) is 0 Å².